The minimum absolute atomic E-state index is 0.0178. The zero-order valence-electron chi connectivity index (χ0n) is 12.7. The maximum absolute atomic E-state index is 12.8. The summed E-state index contributed by atoms with van der Waals surface area (Å²) < 4.78 is 0. The minimum Gasteiger partial charge on any atom is -0.358 e. The zero-order valence-corrected chi connectivity index (χ0v) is 14.9. The Labute approximate surface area is 154 Å². The van der Waals surface area contributed by atoms with Gasteiger partial charge in [0.1, 0.15) is 0 Å². The van der Waals surface area contributed by atoms with E-state index in [-0.39, 0.29) is 16.7 Å². The molecule has 3 aromatic rings. The predicted octanol–water partition coefficient (Wildman–Crippen LogP) is 5.84. The van der Waals surface area contributed by atoms with Crippen LogP contribution >= 0.6 is 34.8 Å². The zero-order chi connectivity index (χ0) is 16.8. The van der Waals surface area contributed by atoms with Gasteiger partial charge in [0.15, 0.2) is 5.43 Å². The lowest BCUT2D eigenvalue weighted by Gasteiger charge is -2.28. The van der Waals surface area contributed by atoms with Gasteiger partial charge in [-0.3, -0.25) is 4.79 Å². The maximum Gasteiger partial charge on any atom is 0.194 e. The number of fused-ring (bicyclic) bond motifs is 2. The molecule has 0 spiro atoms. The number of rotatable bonds is 1. The number of hydrogen-bond acceptors (Lipinski definition) is 1. The highest BCUT2D eigenvalue weighted by atomic mass is 35.5. The molecule has 1 aliphatic rings. The average Bonchev–Trinajstić information content (AvgIpc) is 2.56. The molecule has 2 unspecified atom stereocenters. The summed E-state index contributed by atoms with van der Waals surface area (Å²) in [4.78, 5) is 16.2. The Morgan fingerprint density at radius 2 is 1.71 bits per heavy atom. The standard InChI is InChI=1S/C19H14Cl3NO/c20-12-3-1-10(2-4-12)11-7-15(22)18-17(8-11)23-16-6-5-13(21)9-14(16)19(18)24/h1-6,9,11,15H,7-8H2,(H,23,24). The van der Waals surface area contributed by atoms with Crippen LogP contribution in [0.4, 0.5) is 0 Å². The molecule has 2 atom stereocenters. The van der Waals surface area contributed by atoms with E-state index in [9.17, 15) is 4.79 Å². The second-order valence-corrected chi connectivity index (χ2v) is 7.59. The van der Waals surface area contributed by atoms with Crippen LogP contribution in [0.1, 0.15) is 34.5 Å². The van der Waals surface area contributed by atoms with E-state index in [4.69, 9.17) is 34.8 Å². The highest BCUT2D eigenvalue weighted by Gasteiger charge is 2.30. The molecule has 24 heavy (non-hydrogen) atoms. The van der Waals surface area contributed by atoms with Crippen molar-refractivity contribution in [1.29, 1.82) is 0 Å². The number of H-pyrrole nitrogens is 1. The van der Waals surface area contributed by atoms with Crippen molar-refractivity contribution in [3.05, 3.63) is 79.6 Å². The summed E-state index contributed by atoms with van der Waals surface area (Å²) >= 11 is 18.6. The molecule has 0 radical (unpaired) electrons. The molecule has 1 aliphatic carbocycles. The first-order chi connectivity index (χ1) is 11.5. The first-order valence-corrected chi connectivity index (χ1v) is 8.96. The molecule has 4 rings (SSSR count). The lowest BCUT2D eigenvalue weighted by molar-refractivity contribution is 0.560. The molecule has 0 bridgehead atoms. The van der Waals surface area contributed by atoms with Crippen molar-refractivity contribution in [3.8, 4) is 0 Å². The number of halogens is 3. The average molecular weight is 379 g/mol. The normalized spacial score (nSPS) is 20.1. The van der Waals surface area contributed by atoms with E-state index in [1.54, 1.807) is 12.1 Å². The summed E-state index contributed by atoms with van der Waals surface area (Å²) in [6.45, 7) is 0. The third-order valence-corrected chi connectivity index (χ3v) is 5.56. The summed E-state index contributed by atoms with van der Waals surface area (Å²) in [5.41, 5.74) is 3.56. The van der Waals surface area contributed by atoms with Crippen LogP contribution in [0.25, 0.3) is 10.9 Å². The van der Waals surface area contributed by atoms with Gasteiger partial charge in [-0.1, -0.05) is 35.3 Å². The number of hydrogen-bond donors (Lipinski definition) is 1. The van der Waals surface area contributed by atoms with Gasteiger partial charge < -0.3 is 4.98 Å². The van der Waals surface area contributed by atoms with E-state index < -0.39 is 0 Å². The van der Waals surface area contributed by atoms with Gasteiger partial charge >= 0.3 is 0 Å². The number of aromatic amines is 1. The van der Waals surface area contributed by atoms with Crippen LogP contribution in [0, 0.1) is 0 Å². The summed E-state index contributed by atoms with van der Waals surface area (Å²) in [6, 6.07) is 13.2. The molecule has 0 saturated carbocycles. The van der Waals surface area contributed by atoms with E-state index in [1.165, 1.54) is 5.56 Å². The van der Waals surface area contributed by atoms with Crippen LogP contribution in [0.3, 0.4) is 0 Å². The monoisotopic (exact) mass is 377 g/mol. The summed E-state index contributed by atoms with van der Waals surface area (Å²) in [6.07, 6.45) is 1.49. The third-order valence-electron chi connectivity index (χ3n) is 4.68. The highest BCUT2D eigenvalue weighted by molar-refractivity contribution is 6.31. The maximum atomic E-state index is 12.8. The molecule has 0 fully saturated rings. The molecular formula is C19H14Cl3NO. The van der Waals surface area contributed by atoms with Crippen molar-refractivity contribution >= 4 is 45.7 Å². The van der Waals surface area contributed by atoms with Crippen molar-refractivity contribution in [2.75, 3.05) is 0 Å². The molecule has 122 valence electrons. The Morgan fingerprint density at radius 3 is 2.46 bits per heavy atom. The molecule has 5 heteroatoms. The number of alkyl halides is 1. The van der Waals surface area contributed by atoms with E-state index >= 15 is 0 Å². The van der Waals surface area contributed by atoms with Gasteiger partial charge in [0.05, 0.1) is 5.38 Å². The molecule has 1 heterocycles. The van der Waals surface area contributed by atoms with E-state index in [0.717, 1.165) is 24.1 Å². The Morgan fingerprint density at radius 1 is 1.00 bits per heavy atom. The van der Waals surface area contributed by atoms with Crippen molar-refractivity contribution in [2.45, 2.75) is 24.1 Å². The Hall–Kier alpha value is -1.48. The fraction of sp³-hybridized carbons (Fsp3) is 0.211. The quantitative estimate of drug-likeness (QED) is 0.530. The second kappa shape index (κ2) is 6.11. The van der Waals surface area contributed by atoms with Crippen LogP contribution in [0.5, 0.6) is 0 Å². The first-order valence-electron chi connectivity index (χ1n) is 7.77. The van der Waals surface area contributed by atoms with Gasteiger partial charge in [-0.2, -0.15) is 0 Å². The van der Waals surface area contributed by atoms with Gasteiger partial charge in [-0.05, 0) is 54.7 Å². The summed E-state index contributed by atoms with van der Waals surface area (Å²) in [5.74, 6) is 0.262. The lowest BCUT2D eigenvalue weighted by Crippen LogP contribution is -2.24. The smallest absolute Gasteiger partial charge is 0.194 e. The molecular weight excluding hydrogens is 365 g/mol. The topological polar surface area (TPSA) is 32.9 Å². The number of benzene rings is 2. The van der Waals surface area contributed by atoms with Crippen LogP contribution < -0.4 is 5.43 Å². The minimum atomic E-state index is -0.318. The Balaban J connectivity index is 1.83. The van der Waals surface area contributed by atoms with Crippen LogP contribution in [0.2, 0.25) is 10.0 Å². The van der Waals surface area contributed by atoms with Crippen LogP contribution in [-0.4, -0.2) is 4.98 Å². The Bertz CT molecular complexity index is 978. The van der Waals surface area contributed by atoms with Crippen molar-refractivity contribution < 1.29 is 0 Å². The number of aromatic nitrogens is 1. The van der Waals surface area contributed by atoms with Gasteiger partial charge in [0, 0.05) is 32.2 Å². The number of nitrogens with one attached hydrogen (secondary N) is 1. The summed E-state index contributed by atoms with van der Waals surface area (Å²) in [5, 5.41) is 1.54. The van der Waals surface area contributed by atoms with Gasteiger partial charge in [-0.15, -0.1) is 11.6 Å². The first kappa shape index (κ1) is 16.0. The highest BCUT2D eigenvalue weighted by Crippen LogP contribution is 2.40. The van der Waals surface area contributed by atoms with E-state index in [1.807, 2.05) is 30.3 Å². The number of pyridine rings is 1. The second-order valence-electron chi connectivity index (χ2n) is 6.19. The van der Waals surface area contributed by atoms with Gasteiger partial charge in [0.2, 0.25) is 0 Å². The van der Waals surface area contributed by atoms with Crippen molar-refractivity contribution in [1.82, 2.24) is 4.98 Å². The van der Waals surface area contributed by atoms with Gasteiger partial charge in [0.25, 0.3) is 0 Å². The molecule has 2 nitrogen and oxygen atoms in total. The molecule has 1 N–H and O–H groups in total. The molecule has 0 amide bonds. The fourth-order valence-corrected chi connectivity index (χ4v) is 4.25. The van der Waals surface area contributed by atoms with E-state index in [0.29, 0.717) is 21.0 Å². The SMILES string of the molecule is O=c1c2c([nH]c3ccc(Cl)cc13)CC(c1ccc(Cl)cc1)CC2Cl. The molecule has 0 saturated heterocycles. The van der Waals surface area contributed by atoms with E-state index in [2.05, 4.69) is 4.98 Å². The lowest BCUT2D eigenvalue weighted by atomic mass is 9.81. The largest absolute Gasteiger partial charge is 0.358 e. The molecule has 2 aromatic carbocycles. The predicted molar refractivity (Wildman–Crippen MR) is 101 cm³/mol. The third kappa shape index (κ3) is 2.73. The fourth-order valence-electron chi connectivity index (χ4n) is 3.50. The van der Waals surface area contributed by atoms with Crippen molar-refractivity contribution in [2.24, 2.45) is 0 Å². The van der Waals surface area contributed by atoms with Crippen LogP contribution in [0.15, 0.2) is 47.3 Å². The van der Waals surface area contributed by atoms with Crippen molar-refractivity contribution in [3.63, 3.8) is 0 Å². The summed E-state index contributed by atoms with van der Waals surface area (Å²) in [7, 11) is 0. The molecule has 0 aliphatic heterocycles. The van der Waals surface area contributed by atoms with Crippen LogP contribution in [-0.2, 0) is 6.42 Å². The molecule has 1 aromatic heterocycles. The van der Waals surface area contributed by atoms with Gasteiger partial charge in [-0.25, -0.2) is 0 Å². The Kier molecular flexibility index (Phi) is 4.07.